The number of likely N-dealkylation sites (tertiary alicyclic amines) is 1. The van der Waals surface area contributed by atoms with Crippen molar-refractivity contribution in [2.24, 2.45) is 5.92 Å². The number of hydrogen-bond donors (Lipinski definition) is 0. The molecule has 1 aliphatic carbocycles. The maximum absolute atomic E-state index is 12.4. The molecule has 1 aliphatic heterocycles. The summed E-state index contributed by atoms with van der Waals surface area (Å²) in [6, 6.07) is 0. The second-order valence-corrected chi connectivity index (χ2v) is 5.17. The van der Waals surface area contributed by atoms with Gasteiger partial charge in [0.1, 0.15) is 0 Å². The molecule has 5 nitrogen and oxygen atoms in total. The van der Waals surface area contributed by atoms with Gasteiger partial charge in [-0.1, -0.05) is 5.16 Å². The van der Waals surface area contributed by atoms with Gasteiger partial charge in [0.25, 0.3) is 5.89 Å². The minimum atomic E-state index is -2.72. The van der Waals surface area contributed by atoms with Crippen LogP contribution in [0.25, 0.3) is 0 Å². The predicted octanol–water partition coefficient (Wildman–Crippen LogP) is 2.12. The van der Waals surface area contributed by atoms with Gasteiger partial charge in [0.2, 0.25) is 5.91 Å². The minimum Gasteiger partial charge on any atom is -0.342 e. The van der Waals surface area contributed by atoms with Gasteiger partial charge in [0, 0.05) is 24.9 Å². The van der Waals surface area contributed by atoms with E-state index in [4.69, 9.17) is 0 Å². The molecule has 0 spiro atoms. The fraction of sp³-hybridized carbons (Fsp3) is 0.750. The van der Waals surface area contributed by atoms with Crippen molar-refractivity contribution >= 4 is 5.91 Å². The number of piperidine rings is 1. The van der Waals surface area contributed by atoms with Crippen LogP contribution >= 0.6 is 0 Å². The van der Waals surface area contributed by atoms with Crippen molar-refractivity contribution in [2.45, 2.75) is 38.0 Å². The number of carbonyl (C=O) groups is 1. The number of rotatable bonds is 3. The van der Waals surface area contributed by atoms with Crippen LogP contribution in [0, 0.1) is 5.92 Å². The highest BCUT2D eigenvalue weighted by Crippen LogP contribution is 2.34. The number of nitrogens with zero attached hydrogens (tertiary/aromatic N) is 3. The second-order valence-electron chi connectivity index (χ2n) is 5.17. The Morgan fingerprint density at radius 3 is 2.47 bits per heavy atom. The van der Waals surface area contributed by atoms with E-state index in [0.717, 1.165) is 12.8 Å². The van der Waals surface area contributed by atoms with Crippen molar-refractivity contribution in [2.75, 3.05) is 13.1 Å². The van der Waals surface area contributed by atoms with Gasteiger partial charge in [-0.2, -0.15) is 13.8 Å². The molecule has 7 heteroatoms. The average molecular weight is 271 g/mol. The molecule has 1 saturated heterocycles. The zero-order valence-corrected chi connectivity index (χ0v) is 10.4. The summed E-state index contributed by atoms with van der Waals surface area (Å²) in [5.41, 5.74) is 0. The lowest BCUT2D eigenvalue weighted by molar-refractivity contribution is -0.133. The first kappa shape index (κ1) is 12.5. The summed E-state index contributed by atoms with van der Waals surface area (Å²) in [6.45, 7) is 1.30. The molecule has 0 atom stereocenters. The molecule has 0 unspecified atom stereocenters. The van der Waals surface area contributed by atoms with Crippen LogP contribution in [0.1, 0.15) is 49.7 Å². The monoisotopic (exact) mass is 271 g/mol. The summed E-state index contributed by atoms with van der Waals surface area (Å²) in [6.07, 6.45) is 0.696. The molecule has 0 N–H and O–H groups in total. The van der Waals surface area contributed by atoms with Gasteiger partial charge in [0.05, 0.1) is 0 Å². The molecule has 2 aliphatic rings. The van der Waals surface area contributed by atoms with E-state index in [2.05, 4.69) is 14.7 Å². The number of alkyl halides is 2. The summed E-state index contributed by atoms with van der Waals surface area (Å²) in [7, 11) is 0. The van der Waals surface area contributed by atoms with Gasteiger partial charge >= 0.3 is 6.43 Å². The Kier molecular flexibility index (Phi) is 3.20. The van der Waals surface area contributed by atoms with Crippen molar-refractivity contribution in [3.63, 3.8) is 0 Å². The highest BCUT2D eigenvalue weighted by molar-refractivity contribution is 5.81. The van der Waals surface area contributed by atoms with Crippen LogP contribution < -0.4 is 0 Å². The molecule has 2 heterocycles. The van der Waals surface area contributed by atoms with Crippen molar-refractivity contribution in [1.82, 2.24) is 15.0 Å². The zero-order chi connectivity index (χ0) is 13.4. The lowest BCUT2D eigenvalue weighted by Crippen LogP contribution is -2.38. The van der Waals surface area contributed by atoms with Gasteiger partial charge in [0.15, 0.2) is 5.82 Å². The molecule has 3 rings (SSSR count). The maximum atomic E-state index is 12.4. The van der Waals surface area contributed by atoms with Gasteiger partial charge < -0.3 is 9.42 Å². The molecule has 0 aromatic carbocycles. The van der Waals surface area contributed by atoms with Crippen LogP contribution in [0.4, 0.5) is 8.78 Å². The first-order chi connectivity index (χ1) is 9.15. The van der Waals surface area contributed by atoms with Gasteiger partial charge in [-0.3, -0.25) is 4.79 Å². The van der Waals surface area contributed by atoms with Crippen molar-refractivity contribution in [3.8, 4) is 0 Å². The van der Waals surface area contributed by atoms with Crippen LogP contribution in [0.2, 0.25) is 0 Å². The summed E-state index contributed by atoms with van der Waals surface area (Å²) in [4.78, 5) is 17.5. The third-order valence-corrected chi connectivity index (χ3v) is 3.74. The van der Waals surface area contributed by atoms with Crippen LogP contribution in [-0.2, 0) is 4.79 Å². The number of amides is 1. The summed E-state index contributed by atoms with van der Waals surface area (Å²) in [5.74, 6) is 0.201. The molecule has 2 fully saturated rings. The molecule has 1 aromatic heterocycles. The molecular formula is C12H15F2N3O2. The first-order valence-corrected chi connectivity index (χ1v) is 6.55. The molecule has 1 aromatic rings. The molecule has 1 saturated carbocycles. The maximum Gasteiger partial charge on any atom is 0.315 e. The van der Waals surface area contributed by atoms with E-state index in [-0.39, 0.29) is 17.7 Å². The van der Waals surface area contributed by atoms with Gasteiger partial charge in [-0.25, -0.2) is 0 Å². The Labute approximate surface area is 109 Å². The normalized spacial score (nSPS) is 21.1. The summed E-state index contributed by atoms with van der Waals surface area (Å²) in [5, 5.41) is 3.61. The predicted molar refractivity (Wildman–Crippen MR) is 60.5 cm³/mol. The second kappa shape index (κ2) is 4.86. The number of carbonyl (C=O) groups excluding carboxylic acids is 1. The fourth-order valence-corrected chi connectivity index (χ4v) is 2.45. The van der Waals surface area contributed by atoms with E-state index in [1.165, 1.54) is 0 Å². The quantitative estimate of drug-likeness (QED) is 0.845. The molecule has 0 bridgehead atoms. The third kappa shape index (κ3) is 2.59. The average Bonchev–Trinajstić information content (AvgIpc) is 3.14. The van der Waals surface area contributed by atoms with E-state index in [1.54, 1.807) is 0 Å². The Balaban J connectivity index is 1.58. The molecule has 104 valence electrons. The van der Waals surface area contributed by atoms with Crippen LogP contribution in [0.5, 0.6) is 0 Å². The van der Waals surface area contributed by atoms with Crippen LogP contribution in [0.15, 0.2) is 4.52 Å². The summed E-state index contributed by atoms with van der Waals surface area (Å²) >= 11 is 0. The first-order valence-electron chi connectivity index (χ1n) is 6.55. The highest BCUT2D eigenvalue weighted by Gasteiger charge is 2.35. The standard InChI is InChI=1S/C12H15F2N3O2/c13-9(14)11-15-10(16-19-11)7-3-5-17(6-4-7)12(18)8-1-2-8/h7-9H,1-6H2. The Morgan fingerprint density at radius 2 is 1.95 bits per heavy atom. The van der Waals surface area contributed by atoms with Gasteiger partial charge in [-0.05, 0) is 25.7 Å². The van der Waals surface area contributed by atoms with E-state index in [0.29, 0.717) is 31.8 Å². The van der Waals surface area contributed by atoms with Crippen molar-refractivity contribution in [1.29, 1.82) is 0 Å². The molecule has 19 heavy (non-hydrogen) atoms. The topological polar surface area (TPSA) is 59.2 Å². The van der Waals surface area contributed by atoms with Gasteiger partial charge in [-0.15, -0.1) is 0 Å². The van der Waals surface area contributed by atoms with E-state index in [9.17, 15) is 13.6 Å². The zero-order valence-electron chi connectivity index (χ0n) is 10.4. The Morgan fingerprint density at radius 1 is 1.26 bits per heavy atom. The fourth-order valence-electron chi connectivity index (χ4n) is 2.45. The number of halogens is 2. The number of aromatic nitrogens is 2. The Hall–Kier alpha value is -1.53. The largest absolute Gasteiger partial charge is 0.342 e. The smallest absolute Gasteiger partial charge is 0.315 e. The molecular weight excluding hydrogens is 256 g/mol. The lowest BCUT2D eigenvalue weighted by atomic mass is 9.96. The van der Waals surface area contributed by atoms with Crippen LogP contribution in [-0.4, -0.2) is 34.0 Å². The lowest BCUT2D eigenvalue weighted by Gasteiger charge is -2.30. The number of hydrogen-bond acceptors (Lipinski definition) is 4. The van der Waals surface area contributed by atoms with Crippen LogP contribution in [0.3, 0.4) is 0 Å². The molecule has 1 amide bonds. The van der Waals surface area contributed by atoms with E-state index in [1.807, 2.05) is 4.90 Å². The minimum absolute atomic E-state index is 0.0134. The van der Waals surface area contributed by atoms with E-state index < -0.39 is 12.3 Å². The SMILES string of the molecule is O=C(C1CC1)N1CCC(c2noc(C(F)F)n2)CC1. The Bertz CT molecular complexity index is 465. The third-order valence-electron chi connectivity index (χ3n) is 3.74. The summed E-state index contributed by atoms with van der Waals surface area (Å²) < 4.78 is 29.2. The van der Waals surface area contributed by atoms with Crippen molar-refractivity contribution < 1.29 is 18.1 Å². The van der Waals surface area contributed by atoms with E-state index >= 15 is 0 Å². The highest BCUT2D eigenvalue weighted by atomic mass is 19.3. The molecule has 0 radical (unpaired) electrons. The van der Waals surface area contributed by atoms with Crippen molar-refractivity contribution in [3.05, 3.63) is 11.7 Å².